The minimum atomic E-state index is -1.04. The first kappa shape index (κ1) is 16.1. The van der Waals surface area contributed by atoms with Crippen LogP contribution in [-0.4, -0.2) is 27.0 Å². The number of aromatic nitrogens is 2. The number of carbonyl (C=O) groups is 2. The summed E-state index contributed by atoms with van der Waals surface area (Å²) in [6, 6.07) is 13.3. The van der Waals surface area contributed by atoms with E-state index in [2.05, 4.69) is 15.3 Å². The summed E-state index contributed by atoms with van der Waals surface area (Å²) in [5, 5.41) is 12.2. The standard InChI is InChI=1S/C20H17N3O3/c1-20(2)15-9-13(7-8-14(15)18(24)23-20)11-3-5-12(6-4-11)16-17(19(25)26)22-10-21-16/h3-10H,1-2H3,(H,21,22)(H,23,24)(H,25,26). The minimum Gasteiger partial charge on any atom is -0.477 e. The lowest BCUT2D eigenvalue weighted by atomic mass is 9.91. The highest BCUT2D eigenvalue weighted by Crippen LogP contribution is 2.34. The molecule has 1 amide bonds. The molecule has 4 rings (SSSR count). The summed E-state index contributed by atoms with van der Waals surface area (Å²) in [6.07, 6.45) is 1.37. The van der Waals surface area contributed by atoms with Crippen molar-refractivity contribution in [1.29, 1.82) is 0 Å². The molecule has 26 heavy (non-hydrogen) atoms. The van der Waals surface area contributed by atoms with E-state index in [1.165, 1.54) is 6.33 Å². The van der Waals surface area contributed by atoms with Crippen molar-refractivity contribution in [2.75, 3.05) is 0 Å². The molecule has 1 aliphatic rings. The lowest BCUT2D eigenvalue weighted by molar-refractivity contribution is 0.0691. The molecule has 6 heteroatoms. The monoisotopic (exact) mass is 347 g/mol. The van der Waals surface area contributed by atoms with Gasteiger partial charge in [-0.1, -0.05) is 30.3 Å². The van der Waals surface area contributed by atoms with E-state index in [-0.39, 0.29) is 11.6 Å². The van der Waals surface area contributed by atoms with Gasteiger partial charge in [0.15, 0.2) is 5.69 Å². The fourth-order valence-electron chi connectivity index (χ4n) is 3.35. The number of benzene rings is 2. The topological polar surface area (TPSA) is 95.1 Å². The summed E-state index contributed by atoms with van der Waals surface area (Å²) < 4.78 is 0. The van der Waals surface area contributed by atoms with E-state index in [0.717, 1.165) is 22.3 Å². The van der Waals surface area contributed by atoms with Crippen LogP contribution in [0.25, 0.3) is 22.4 Å². The second-order valence-electron chi connectivity index (χ2n) is 6.85. The van der Waals surface area contributed by atoms with Gasteiger partial charge in [-0.2, -0.15) is 0 Å². The van der Waals surface area contributed by atoms with Gasteiger partial charge in [-0.05, 0) is 42.7 Å². The molecular formula is C20H17N3O3. The third kappa shape index (κ3) is 2.47. The molecule has 1 aromatic heterocycles. The first-order chi connectivity index (χ1) is 12.4. The molecule has 2 aromatic carbocycles. The Kier molecular flexibility index (Phi) is 3.44. The quantitative estimate of drug-likeness (QED) is 0.676. The number of fused-ring (bicyclic) bond motifs is 1. The van der Waals surface area contributed by atoms with Gasteiger partial charge in [-0.3, -0.25) is 4.79 Å². The van der Waals surface area contributed by atoms with Crippen LogP contribution in [0.2, 0.25) is 0 Å². The molecule has 0 spiro atoms. The van der Waals surface area contributed by atoms with Crippen LogP contribution >= 0.6 is 0 Å². The molecule has 0 radical (unpaired) electrons. The van der Waals surface area contributed by atoms with Gasteiger partial charge in [-0.15, -0.1) is 0 Å². The first-order valence-electron chi connectivity index (χ1n) is 8.21. The normalized spacial score (nSPS) is 14.8. The molecule has 6 nitrogen and oxygen atoms in total. The van der Waals surface area contributed by atoms with Crippen molar-refractivity contribution < 1.29 is 14.7 Å². The Morgan fingerprint density at radius 1 is 1.04 bits per heavy atom. The van der Waals surface area contributed by atoms with Crippen LogP contribution in [0.15, 0.2) is 48.8 Å². The molecule has 0 aliphatic carbocycles. The lowest BCUT2D eigenvalue weighted by Crippen LogP contribution is -2.32. The van der Waals surface area contributed by atoms with E-state index in [1.54, 1.807) is 0 Å². The van der Waals surface area contributed by atoms with Crippen LogP contribution in [0, 0.1) is 0 Å². The number of nitrogens with one attached hydrogen (secondary N) is 2. The van der Waals surface area contributed by atoms with E-state index in [0.29, 0.717) is 11.3 Å². The number of hydrogen-bond donors (Lipinski definition) is 3. The molecule has 0 fully saturated rings. The fourth-order valence-corrected chi connectivity index (χ4v) is 3.35. The zero-order valence-corrected chi connectivity index (χ0v) is 14.3. The Morgan fingerprint density at radius 2 is 1.69 bits per heavy atom. The summed E-state index contributed by atoms with van der Waals surface area (Å²) >= 11 is 0. The summed E-state index contributed by atoms with van der Waals surface area (Å²) in [7, 11) is 0. The number of imidazole rings is 1. The van der Waals surface area contributed by atoms with Crippen LogP contribution in [0.5, 0.6) is 0 Å². The largest absolute Gasteiger partial charge is 0.477 e. The van der Waals surface area contributed by atoms with Crippen molar-refractivity contribution >= 4 is 11.9 Å². The van der Waals surface area contributed by atoms with Gasteiger partial charge in [0.1, 0.15) is 5.69 Å². The average Bonchev–Trinajstić information content (AvgIpc) is 3.18. The molecule has 0 unspecified atom stereocenters. The highest BCUT2D eigenvalue weighted by atomic mass is 16.4. The average molecular weight is 347 g/mol. The Morgan fingerprint density at radius 3 is 2.38 bits per heavy atom. The van der Waals surface area contributed by atoms with Gasteiger partial charge in [0, 0.05) is 11.1 Å². The number of carbonyl (C=O) groups excluding carboxylic acids is 1. The van der Waals surface area contributed by atoms with Gasteiger partial charge in [-0.25, -0.2) is 9.78 Å². The van der Waals surface area contributed by atoms with Crippen LogP contribution in [-0.2, 0) is 5.54 Å². The predicted octanol–water partition coefficient (Wildman–Crippen LogP) is 3.42. The highest BCUT2D eigenvalue weighted by Gasteiger charge is 2.34. The summed E-state index contributed by atoms with van der Waals surface area (Å²) in [6.45, 7) is 3.96. The third-order valence-electron chi connectivity index (χ3n) is 4.71. The van der Waals surface area contributed by atoms with Crippen LogP contribution < -0.4 is 5.32 Å². The second-order valence-corrected chi connectivity index (χ2v) is 6.85. The molecule has 3 N–H and O–H groups in total. The molecule has 1 aliphatic heterocycles. The molecule has 130 valence electrons. The van der Waals surface area contributed by atoms with Crippen LogP contribution in [0.4, 0.5) is 0 Å². The van der Waals surface area contributed by atoms with E-state index in [1.807, 2.05) is 56.3 Å². The number of carboxylic acids is 1. The van der Waals surface area contributed by atoms with E-state index >= 15 is 0 Å². The molecule has 0 saturated heterocycles. The summed E-state index contributed by atoms with van der Waals surface area (Å²) in [4.78, 5) is 30.0. The third-order valence-corrected chi connectivity index (χ3v) is 4.71. The van der Waals surface area contributed by atoms with Crippen molar-refractivity contribution in [3.05, 3.63) is 65.6 Å². The van der Waals surface area contributed by atoms with Gasteiger partial charge in [0.25, 0.3) is 5.91 Å². The van der Waals surface area contributed by atoms with E-state index < -0.39 is 11.5 Å². The Hall–Kier alpha value is -3.41. The number of carboxylic acid groups (broad SMARTS) is 1. The number of aromatic amines is 1. The number of H-pyrrole nitrogens is 1. The Labute approximate surface area is 149 Å². The van der Waals surface area contributed by atoms with Gasteiger partial charge in [0.2, 0.25) is 0 Å². The Balaban J connectivity index is 1.71. The van der Waals surface area contributed by atoms with Gasteiger partial charge in [0.05, 0.1) is 11.9 Å². The molecule has 0 bridgehead atoms. The maximum Gasteiger partial charge on any atom is 0.354 e. The predicted molar refractivity (Wildman–Crippen MR) is 96.9 cm³/mol. The van der Waals surface area contributed by atoms with Crippen molar-refractivity contribution in [3.8, 4) is 22.4 Å². The first-order valence-corrected chi connectivity index (χ1v) is 8.21. The minimum absolute atomic E-state index is 0.0494. The maximum atomic E-state index is 12.0. The van der Waals surface area contributed by atoms with Gasteiger partial charge < -0.3 is 15.4 Å². The fraction of sp³-hybridized carbons (Fsp3) is 0.150. The van der Waals surface area contributed by atoms with Gasteiger partial charge >= 0.3 is 5.97 Å². The van der Waals surface area contributed by atoms with Crippen LogP contribution in [0.1, 0.15) is 40.3 Å². The Bertz CT molecular complexity index is 1030. The smallest absolute Gasteiger partial charge is 0.354 e. The molecule has 0 atom stereocenters. The molecule has 3 aromatic rings. The zero-order chi connectivity index (χ0) is 18.5. The number of rotatable bonds is 3. The number of nitrogens with zero attached hydrogens (tertiary/aromatic N) is 1. The van der Waals surface area contributed by atoms with Crippen molar-refractivity contribution in [2.24, 2.45) is 0 Å². The summed E-state index contributed by atoms with van der Waals surface area (Å²) in [5.41, 5.74) is 4.48. The van der Waals surface area contributed by atoms with Crippen molar-refractivity contribution in [1.82, 2.24) is 15.3 Å². The highest BCUT2D eigenvalue weighted by molar-refractivity contribution is 6.00. The molecular weight excluding hydrogens is 330 g/mol. The SMILES string of the molecule is CC1(C)NC(=O)c2ccc(-c3ccc(-c4nc[nH]c4C(=O)O)cc3)cc21. The van der Waals surface area contributed by atoms with E-state index in [4.69, 9.17) is 0 Å². The lowest BCUT2D eigenvalue weighted by Gasteiger charge is -2.19. The maximum absolute atomic E-state index is 12.0. The number of hydrogen-bond acceptors (Lipinski definition) is 3. The van der Waals surface area contributed by atoms with Crippen molar-refractivity contribution in [3.63, 3.8) is 0 Å². The number of amides is 1. The molecule has 0 saturated carbocycles. The zero-order valence-electron chi connectivity index (χ0n) is 14.3. The van der Waals surface area contributed by atoms with E-state index in [9.17, 15) is 14.7 Å². The van der Waals surface area contributed by atoms with Crippen molar-refractivity contribution in [2.45, 2.75) is 19.4 Å². The number of aromatic carboxylic acids is 1. The summed E-state index contributed by atoms with van der Waals surface area (Å²) in [5.74, 6) is -1.09. The molecule has 2 heterocycles. The van der Waals surface area contributed by atoms with Crippen LogP contribution in [0.3, 0.4) is 0 Å². The second kappa shape index (κ2) is 5.56.